The van der Waals surface area contributed by atoms with E-state index in [1.807, 2.05) is 0 Å². The number of rotatable bonds is 6. The molecule has 1 aromatic rings. The van der Waals surface area contributed by atoms with Crippen LogP contribution in [0, 0.1) is 0 Å². The van der Waals surface area contributed by atoms with Gasteiger partial charge in [0.25, 0.3) is 0 Å². The molecule has 0 atom stereocenters. The molecule has 22 heavy (non-hydrogen) atoms. The molecule has 0 spiro atoms. The van der Waals surface area contributed by atoms with E-state index in [9.17, 15) is 12.8 Å². The van der Waals surface area contributed by atoms with Gasteiger partial charge in [-0.15, -0.1) is 0 Å². The van der Waals surface area contributed by atoms with Crippen LogP contribution in [0.1, 0.15) is 19.3 Å². The molecule has 2 N–H and O–H groups in total. The molecule has 1 aliphatic heterocycles. The highest BCUT2D eigenvalue weighted by Crippen LogP contribution is 2.21. The lowest BCUT2D eigenvalue weighted by molar-refractivity contribution is 0.333. The summed E-state index contributed by atoms with van der Waals surface area (Å²) >= 11 is 0. The summed E-state index contributed by atoms with van der Waals surface area (Å²) in [7, 11) is -3.50. The van der Waals surface area contributed by atoms with Crippen molar-refractivity contribution < 1.29 is 17.5 Å². The van der Waals surface area contributed by atoms with Gasteiger partial charge in [-0.1, -0.05) is 6.42 Å². The lowest BCUT2D eigenvalue weighted by Gasteiger charge is -2.25. The minimum absolute atomic E-state index is 0.0157. The van der Waals surface area contributed by atoms with Crippen molar-refractivity contribution in [2.75, 3.05) is 26.2 Å². The first-order valence-electron chi connectivity index (χ1n) is 7.15. The predicted molar refractivity (Wildman–Crippen MR) is 80.6 cm³/mol. The van der Waals surface area contributed by atoms with Crippen LogP contribution in [-0.2, 0) is 10.0 Å². The largest absolute Gasteiger partial charge is 0.473 e. The molecule has 1 fully saturated rings. The quantitative estimate of drug-likeness (QED) is 0.854. The fourth-order valence-corrected chi connectivity index (χ4v) is 3.62. The van der Waals surface area contributed by atoms with E-state index < -0.39 is 10.0 Å². The van der Waals surface area contributed by atoms with Crippen molar-refractivity contribution in [1.82, 2.24) is 9.29 Å². The molecule has 122 valence electrons. The smallest absolute Gasteiger partial charge is 0.244 e. The molecule has 0 amide bonds. The van der Waals surface area contributed by atoms with E-state index in [1.54, 1.807) is 0 Å². The molecular weight excluding hydrogens is 309 g/mol. The summed E-state index contributed by atoms with van der Waals surface area (Å²) in [6.45, 7) is 1.12. The molecule has 0 radical (unpaired) electrons. The second kappa shape index (κ2) is 7.66. The van der Waals surface area contributed by atoms with Gasteiger partial charge in [-0.2, -0.15) is 4.31 Å². The highest BCUT2D eigenvalue weighted by atomic mass is 32.2. The van der Waals surface area contributed by atoms with E-state index in [0.717, 1.165) is 19.3 Å². The maximum Gasteiger partial charge on any atom is 0.244 e. The van der Waals surface area contributed by atoms with Crippen LogP contribution in [0.2, 0.25) is 0 Å². The standard InChI is InChI=1S/C14H20FN3O3S/c15-8-12(9-16)11-21-14-5-4-13(10-17-14)22(19,20)18-6-2-1-3-7-18/h4-5,8,10H,1-3,6-7,9,11,16H2. The van der Waals surface area contributed by atoms with Crippen molar-refractivity contribution in [2.45, 2.75) is 24.2 Å². The molecule has 0 aromatic carbocycles. The van der Waals surface area contributed by atoms with Crippen LogP contribution in [0.15, 0.2) is 35.1 Å². The Balaban J connectivity index is 2.04. The van der Waals surface area contributed by atoms with Crippen LogP contribution >= 0.6 is 0 Å². The Hall–Kier alpha value is -1.51. The average Bonchev–Trinajstić information content (AvgIpc) is 2.57. The molecule has 0 bridgehead atoms. The van der Waals surface area contributed by atoms with Crippen molar-refractivity contribution in [3.8, 4) is 5.88 Å². The number of piperidine rings is 1. The molecule has 0 saturated carbocycles. The van der Waals surface area contributed by atoms with E-state index in [1.165, 1.54) is 22.6 Å². The number of ether oxygens (including phenoxy) is 1. The zero-order chi connectivity index (χ0) is 16.0. The second-order valence-corrected chi connectivity index (χ2v) is 6.99. The van der Waals surface area contributed by atoms with Crippen LogP contribution in [0.4, 0.5) is 4.39 Å². The maximum absolute atomic E-state index is 12.4. The Morgan fingerprint density at radius 2 is 2.09 bits per heavy atom. The summed E-state index contributed by atoms with van der Waals surface area (Å²) in [6, 6.07) is 2.91. The van der Waals surface area contributed by atoms with Crippen molar-refractivity contribution in [3.05, 3.63) is 30.2 Å². The summed E-state index contributed by atoms with van der Waals surface area (Å²) < 4.78 is 43.9. The summed E-state index contributed by atoms with van der Waals surface area (Å²) in [5.74, 6) is 0.227. The number of pyridine rings is 1. The SMILES string of the molecule is NCC(=CF)COc1ccc(S(=O)(=O)N2CCCCC2)cn1. The van der Waals surface area contributed by atoms with Crippen molar-refractivity contribution in [1.29, 1.82) is 0 Å². The van der Waals surface area contributed by atoms with Crippen LogP contribution in [0.3, 0.4) is 0 Å². The van der Waals surface area contributed by atoms with Gasteiger partial charge in [0.1, 0.15) is 11.5 Å². The lowest BCUT2D eigenvalue weighted by atomic mass is 10.2. The van der Waals surface area contributed by atoms with Crippen molar-refractivity contribution in [3.63, 3.8) is 0 Å². The Bertz CT molecular complexity index is 611. The van der Waals surface area contributed by atoms with Crippen molar-refractivity contribution >= 4 is 10.0 Å². The minimum atomic E-state index is -3.50. The zero-order valence-electron chi connectivity index (χ0n) is 12.2. The highest BCUT2D eigenvalue weighted by molar-refractivity contribution is 7.89. The Morgan fingerprint density at radius 3 is 2.64 bits per heavy atom. The highest BCUT2D eigenvalue weighted by Gasteiger charge is 2.26. The van der Waals surface area contributed by atoms with Crippen LogP contribution < -0.4 is 10.5 Å². The third-order valence-corrected chi connectivity index (χ3v) is 5.37. The van der Waals surface area contributed by atoms with E-state index >= 15 is 0 Å². The first-order valence-corrected chi connectivity index (χ1v) is 8.59. The van der Waals surface area contributed by atoms with Gasteiger partial charge in [0, 0.05) is 31.3 Å². The minimum Gasteiger partial charge on any atom is -0.473 e. The summed E-state index contributed by atoms with van der Waals surface area (Å²) in [4.78, 5) is 4.10. The van der Waals surface area contributed by atoms with Gasteiger partial charge >= 0.3 is 0 Å². The van der Waals surface area contributed by atoms with Crippen molar-refractivity contribution in [2.24, 2.45) is 5.73 Å². The van der Waals surface area contributed by atoms with Gasteiger partial charge in [-0.3, -0.25) is 0 Å². The monoisotopic (exact) mass is 329 g/mol. The lowest BCUT2D eigenvalue weighted by Crippen LogP contribution is -2.35. The second-order valence-electron chi connectivity index (χ2n) is 5.06. The molecule has 0 aliphatic carbocycles. The van der Waals surface area contributed by atoms with Gasteiger partial charge < -0.3 is 10.5 Å². The number of nitrogens with zero attached hydrogens (tertiary/aromatic N) is 2. The maximum atomic E-state index is 12.4. The Kier molecular flexibility index (Phi) is 5.87. The molecule has 2 rings (SSSR count). The van der Waals surface area contributed by atoms with Gasteiger partial charge in [0.05, 0.1) is 12.5 Å². The molecule has 2 heterocycles. The molecule has 1 saturated heterocycles. The molecule has 1 aromatic heterocycles. The number of aromatic nitrogens is 1. The number of halogens is 1. The summed E-state index contributed by atoms with van der Waals surface area (Å²) in [5.41, 5.74) is 5.62. The number of hydrogen-bond acceptors (Lipinski definition) is 5. The van der Waals surface area contributed by atoms with Crippen LogP contribution in [0.25, 0.3) is 0 Å². The first-order chi connectivity index (χ1) is 10.6. The third-order valence-electron chi connectivity index (χ3n) is 3.48. The van der Waals surface area contributed by atoms with Gasteiger partial charge in [-0.05, 0) is 18.9 Å². The first kappa shape index (κ1) is 16.9. The van der Waals surface area contributed by atoms with Crippen LogP contribution in [0.5, 0.6) is 5.88 Å². The topological polar surface area (TPSA) is 85.5 Å². The fraction of sp³-hybridized carbons (Fsp3) is 0.500. The number of hydrogen-bond donors (Lipinski definition) is 1. The number of nitrogens with two attached hydrogens (primary N) is 1. The predicted octanol–water partition coefficient (Wildman–Crippen LogP) is 1.45. The van der Waals surface area contributed by atoms with E-state index in [2.05, 4.69) is 4.98 Å². The Morgan fingerprint density at radius 1 is 1.36 bits per heavy atom. The fourth-order valence-electron chi connectivity index (χ4n) is 2.16. The normalized spacial score (nSPS) is 17.5. The molecule has 0 unspecified atom stereocenters. The van der Waals surface area contributed by atoms with Crippen LogP contribution in [-0.4, -0.2) is 43.9 Å². The van der Waals surface area contributed by atoms with Gasteiger partial charge in [0.2, 0.25) is 15.9 Å². The zero-order valence-corrected chi connectivity index (χ0v) is 13.1. The van der Waals surface area contributed by atoms with E-state index in [0.29, 0.717) is 25.0 Å². The van der Waals surface area contributed by atoms with E-state index in [-0.39, 0.29) is 23.9 Å². The third kappa shape index (κ3) is 4.02. The van der Waals surface area contributed by atoms with Gasteiger partial charge in [-0.25, -0.2) is 17.8 Å². The van der Waals surface area contributed by atoms with Gasteiger partial charge in [0.15, 0.2) is 0 Å². The number of sulfonamides is 1. The average molecular weight is 329 g/mol. The molecule has 6 nitrogen and oxygen atoms in total. The molecule has 8 heteroatoms. The molecule has 1 aliphatic rings. The Labute approximate surface area is 129 Å². The summed E-state index contributed by atoms with van der Waals surface area (Å²) in [6.07, 6.45) is 4.48. The summed E-state index contributed by atoms with van der Waals surface area (Å²) in [5, 5.41) is 0. The van der Waals surface area contributed by atoms with E-state index in [4.69, 9.17) is 10.5 Å². The molecular formula is C14H20FN3O3S.